The van der Waals surface area contributed by atoms with Crippen LogP contribution in [0.25, 0.3) is 0 Å². The molecule has 1 aromatic heterocycles. The number of fused-ring (bicyclic) bond motifs is 1. The van der Waals surface area contributed by atoms with Gasteiger partial charge in [0.15, 0.2) is 0 Å². The van der Waals surface area contributed by atoms with Crippen molar-refractivity contribution in [3.63, 3.8) is 0 Å². The van der Waals surface area contributed by atoms with Crippen LogP contribution in [-0.4, -0.2) is 27.8 Å². The SMILES string of the molecule is COc1ccccc1C1C(C(=O)Nc2ccccc2)=C(C)Nc2nc(SCc3ccccc3Cl)nn21. The highest BCUT2D eigenvalue weighted by atomic mass is 35.5. The number of anilines is 2. The summed E-state index contributed by atoms with van der Waals surface area (Å²) in [7, 11) is 1.62. The predicted octanol–water partition coefficient (Wildman–Crippen LogP) is 6.16. The lowest BCUT2D eigenvalue weighted by atomic mass is 9.94. The number of hydrogen-bond donors (Lipinski definition) is 2. The lowest BCUT2D eigenvalue weighted by Gasteiger charge is -2.29. The van der Waals surface area contributed by atoms with E-state index in [1.54, 1.807) is 11.8 Å². The molecule has 0 saturated carbocycles. The van der Waals surface area contributed by atoms with Crippen molar-refractivity contribution in [2.75, 3.05) is 17.7 Å². The number of halogens is 1. The molecule has 2 N–H and O–H groups in total. The first kappa shape index (κ1) is 24.0. The fourth-order valence-corrected chi connectivity index (χ4v) is 5.26. The van der Waals surface area contributed by atoms with Gasteiger partial charge in [-0.05, 0) is 36.8 Å². The van der Waals surface area contributed by atoms with Crippen molar-refractivity contribution in [2.45, 2.75) is 23.9 Å². The highest BCUT2D eigenvalue weighted by molar-refractivity contribution is 7.98. The van der Waals surface area contributed by atoms with E-state index in [1.165, 1.54) is 11.8 Å². The minimum Gasteiger partial charge on any atom is -0.496 e. The molecular weight excluding hydrogens is 494 g/mol. The van der Waals surface area contributed by atoms with E-state index in [-0.39, 0.29) is 5.91 Å². The maximum absolute atomic E-state index is 13.6. The summed E-state index contributed by atoms with van der Waals surface area (Å²) >= 11 is 7.82. The van der Waals surface area contributed by atoms with Crippen LogP contribution < -0.4 is 15.4 Å². The lowest BCUT2D eigenvalue weighted by molar-refractivity contribution is -0.113. The van der Waals surface area contributed by atoms with Crippen molar-refractivity contribution in [1.82, 2.24) is 14.8 Å². The van der Waals surface area contributed by atoms with Crippen LogP contribution in [0.4, 0.5) is 11.6 Å². The molecular formula is C27H24ClN5O2S. The maximum atomic E-state index is 13.6. The first-order valence-corrected chi connectivity index (χ1v) is 12.7. The molecule has 9 heteroatoms. The summed E-state index contributed by atoms with van der Waals surface area (Å²) in [5, 5.41) is 12.4. The van der Waals surface area contributed by atoms with Crippen LogP contribution >= 0.6 is 23.4 Å². The molecule has 1 unspecified atom stereocenters. The quantitative estimate of drug-likeness (QED) is 0.286. The van der Waals surface area contributed by atoms with E-state index >= 15 is 0 Å². The highest BCUT2D eigenvalue weighted by Gasteiger charge is 2.36. The molecule has 2 heterocycles. The smallest absolute Gasteiger partial charge is 0.255 e. The largest absolute Gasteiger partial charge is 0.496 e. The van der Waals surface area contributed by atoms with Crippen molar-refractivity contribution >= 4 is 40.9 Å². The number of nitrogens with zero attached hydrogens (tertiary/aromatic N) is 3. The zero-order chi connectivity index (χ0) is 25.1. The minimum absolute atomic E-state index is 0.228. The summed E-state index contributed by atoms with van der Waals surface area (Å²) < 4.78 is 7.41. The monoisotopic (exact) mass is 517 g/mol. The Balaban J connectivity index is 1.53. The standard InChI is InChI=1S/C27H24ClN5O2S/c1-17-23(25(34)30-19-11-4-3-5-12-19)24(20-13-7-9-15-22(20)35-2)33-26(29-17)31-27(32-33)36-16-18-10-6-8-14-21(18)28/h3-15,24H,16H2,1-2H3,(H,30,34)(H,29,31,32). The fraction of sp³-hybridized carbons (Fsp3) is 0.148. The topological polar surface area (TPSA) is 81.1 Å². The summed E-state index contributed by atoms with van der Waals surface area (Å²) in [4.78, 5) is 18.3. The normalized spacial score (nSPS) is 14.7. The van der Waals surface area contributed by atoms with E-state index in [0.717, 1.165) is 11.1 Å². The van der Waals surface area contributed by atoms with Crippen molar-refractivity contribution in [3.05, 3.63) is 106 Å². The molecule has 7 nitrogen and oxygen atoms in total. The Morgan fingerprint density at radius 1 is 1.08 bits per heavy atom. The number of ether oxygens (including phenoxy) is 1. The van der Waals surface area contributed by atoms with Gasteiger partial charge in [0.05, 0.1) is 12.7 Å². The van der Waals surface area contributed by atoms with E-state index in [1.807, 2.05) is 85.8 Å². The summed E-state index contributed by atoms with van der Waals surface area (Å²) in [6.45, 7) is 1.87. The molecule has 5 rings (SSSR count). The third kappa shape index (κ3) is 4.82. The van der Waals surface area contributed by atoms with Gasteiger partial charge in [-0.3, -0.25) is 4.79 Å². The number of methoxy groups -OCH3 is 1. The second-order valence-corrected chi connectivity index (χ2v) is 9.52. The Hall–Kier alpha value is -3.75. The number of nitrogens with one attached hydrogen (secondary N) is 2. The van der Waals surface area contributed by atoms with Gasteiger partial charge in [0, 0.05) is 27.7 Å². The summed E-state index contributed by atoms with van der Waals surface area (Å²) in [5.74, 6) is 1.61. The van der Waals surface area contributed by atoms with Crippen LogP contribution in [0, 0.1) is 0 Å². The number of allylic oxidation sites excluding steroid dienone is 1. The number of amides is 1. The molecule has 36 heavy (non-hydrogen) atoms. The van der Waals surface area contributed by atoms with Crippen LogP contribution in [0.3, 0.4) is 0 Å². The molecule has 0 radical (unpaired) electrons. The van der Waals surface area contributed by atoms with Crippen LogP contribution in [-0.2, 0) is 10.5 Å². The summed E-state index contributed by atoms with van der Waals surface area (Å²) in [5.41, 5.74) is 3.75. The first-order valence-electron chi connectivity index (χ1n) is 11.3. The van der Waals surface area contributed by atoms with Crippen LogP contribution in [0.2, 0.25) is 5.02 Å². The van der Waals surface area contributed by atoms with Gasteiger partial charge in [0.1, 0.15) is 11.8 Å². The third-order valence-corrected chi connectivity index (χ3v) is 7.11. The molecule has 4 aromatic rings. The molecule has 0 fully saturated rings. The second kappa shape index (κ2) is 10.5. The molecule has 0 saturated heterocycles. The molecule has 1 amide bonds. The zero-order valence-corrected chi connectivity index (χ0v) is 21.3. The molecule has 0 bridgehead atoms. The van der Waals surface area contributed by atoms with Crippen LogP contribution in [0.1, 0.15) is 24.1 Å². The number of hydrogen-bond acceptors (Lipinski definition) is 6. The number of aromatic nitrogens is 3. The number of carbonyl (C=O) groups excluding carboxylic acids is 1. The molecule has 0 spiro atoms. The van der Waals surface area contributed by atoms with E-state index in [2.05, 4.69) is 10.6 Å². The number of rotatable bonds is 7. The van der Waals surface area contributed by atoms with Gasteiger partial charge in [-0.1, -0.05) is 78.0 Å². The van der Waals surface area contributed by atoms with Gasteiger partial charge in [0.25, 0.3) is 5.91 Å². The Morgan fingerprint density at radius 2 is 1.81 bits per heavy atom. The molecule has 0 aliphatic carbocycles. The van der Waals surface area contributed by atoms with Gasteiger partial charge >= 0.3 is 0 Å². The molecule has 182 valence electrons. The van der Waals surface area contributed by atoms with Gasteiger partial charge in [0.2, 0.25) is 11.1 Å². The predicted molar refractivity (Wildman–Crippen MR) is 144 cm³/mol. The molecule has 1 aliphatic heterocycles. The number of carbonyl (C=O) groups is 1. The maximum Gasteiger partial charge on any atom is 0.255 e. The summed E-state index contributed by atoms with van der Waals surface area (Å²) in [6, 6.07) is 24.2. The number of para-hydroxylation sites is 2. The van der Waals surface area contributed by atoms with Gasteiger partial charge in [-0.15, -0.1) is 5.10 Å². The average Bonchev–Trinajstić information content (AvgIpc) is 3.30. The molecule has 1 aliphatic rings. The van der Waals surface area contributed by atoms with Crippen LogP contribution in [0.5, 0.6) is 5.75 Å². The van der Waals surface area contributed by atoms with Crippen molar-refractivity contribution in [3.8, 4) is 5.75 Å². The number of benzene rings is 3. The Morgan fingerprint density at radius 3 is 2.58 bits per heavy atom. The lowest BCUT2D eigenvalue weighted by Crippen LogP contribution is -2.31. The second-order valence-electron chi connectivity index (χ2n) is 8.17. The fourth-order valence-electron chi connectivity index (χ4n) is 4.14. The third-order valence-electron chi connectivity index (χ3n) is 5.86. The average molecular weight is 518 g/mol. The highest BCUT2D eigenvalue weighted by Crippen LogP contribution is 2.40. The Labute approximate surface area is 218 Å². The minimum atomic E-state index is -0.539. The molecule has 3 aromatic carbocycles. The number of thioether (sulfide) groups is 1. The molecule has 1 atom stereocenters. The van der Waals surface area contributed by atoms with E-state index in [4.69, 9.17) is 26.4 Å². The Kier molecular flexibility index (Phi) is 6.97. The van der Waals surface area contributed by atoms with Crippen LogP contribution in [0.15, 0.2) is 95.3 Å². The first-order chi connectivity index (χ1) is 17.5. The Bertz CT molecular complexity index is 1440. The van der Waals surface area contributed by atoms with E-state index < -0.39 is 6.04 Å². The van der Waals surface area contributed by atoms with E-state index in [0.29, 0.717) is 44.6 Å². The van der Waals surface area contributed by atoms with Crippen molar-refractivity contribution in [2.24, 2.45) is 0 Å². The van der Waals surface area contributed by atoms with Gasteiger partial charge < -0.3 is 15.4 Å². The van der Waals surface area contributed by atoms with E-state index in [9.17, 15) is 4.79 Å². The van der Waals surface area contributed by atoms with Crippen molar-refractivity contribution in [1.29, 1.82) is 0 Å². The van der Waals surface area contributed by atoms with Crippen molar-refractivity contribution < 1.29 is 9.53 Å². The summed E-state index contributed by atoms with van der Waals surface area (Å²) in [6.07, 6.45) is 0. The van der Waals surface area contributed by atoms with Gasteiger partial charge in [-0.2, -0.15) is 4.98 Å². The van der Waals surface area contributed by atoms with Gasteiger partial charge in [-0.25, -0.2) is 4.68 Å². The zero-order valence-electron chi connectivity index (χ0n) is 19.7.